The first-order valence-electron chi connectivity index (χ1n) is 8.05. The molecule has 0 spiro atoms. The molecule has 0 fully saturated rings. The Balaban J connectivity index is 2.55. The average Bonchev–Trinajstić information content (AvgIpc) is 2.49. The number of carboxylic acid groups (broad SMARTS) is 1. The summed E-state index contributed by atoms with van der Waals surface area (Å²) in [5.41, 5.74) is 3.76. The summed E-state index contributed by atoms with van der Waals surface area (Å²) < 4.78 is 38.7. The van der Waals surface area contributed by atoms with Crippen LogP contribution in [0.3, 0.4) is 0 Å². The van der Waals surface area contributed by atoms with Gasteiger partial charge in [-0.05, 0) is 61.7 Å². The molecular weight excluding hydrogens is 357 g/mol. The molecule has 5 nitrogen and oxygen atoms in total. The molecule has 0 saturated carbocycles. The lowest BCUT2D eigenvalue weighted by atomic mass is 9.94. The molecule has 0 aliphatic heterocycles. The second kappa shape index (κ2) is 7.45. The summed E-state index contributed by atoms with van der Waals surface area (Å²) in [7, 11) is -3.90. The van der Waals surface area contributed by atoms with E-state index in [1.165, 1.54) is 12.1 Å². The number of sulfonamides is 1. The van der Waals surface area contributed by atoms with E-state index < -0.39 is 27.9 Å². The van der Waals surface area contributed by atoms with Gasteiger partial charge in [0, 0.05) is 6.42 Å². The highest BCUT2D eigenvalue weighted by Gasteiger charge is 2.33. The van der Waals surface area contributed by atoms with Crippen LogP contribution in [0.2, 0.25) is 0 Å². The van der Waals surface area contributed by atoms with Gasteiger partial charge < -0.3 is 5.11 Å². The average molecular weight is 379 g/mol. The molecule has 26 heavy (non-hydrogen) atoms. The van der Waals surface area contributed by atoms with Crippen molar-refractivity contribution in [2.45, 2.75) is 33.2 Å². The largest absolute Gasteiger partial charge is 0.480 e. The first-order chi connectivity index (χ1) is 12.0. The van der Waals surface area contributed by atoms with Crippen molar-refractivity contribution in [3.8, 4) is 0 Å². The predicted molar refractivity (Wildman–Crippen MR) is 99.5 cm³/mol. The minimum Gasteiger partial charge on any atom is -0.480 e. The molecule has 2 rings (SSSR count). The molecule has 0 aliphatic rings. The zero-order valence-corrected chi connectivity index (χ0v) is 16.0. The molecule has 2 aromatic carbocycles. The molecule has 2 aromatic rings. The third-order valence-electron chi connectivity index (χ3n) is 4.24. The second-order valence-electron chi connectivity index (χ2n) is 6.47. The lowest BCUT2D eigenvalue weighted by molar-refractivity contribution is -0.138. The number of hydrogen-bond acceptors (Lipinski definition) is 3. The van der Waals surface area contributed by atoms with Gasteiger partial charge in [0.2, 0.25) is 10.0 Å². The number of carbonyl (C=O) groups is 1. The van der Waals surface area contributed by atoms with E-state index in [0.717, 1.165) is 44.9 Å². The third kappa shape index (κ3) is 4.40. The first-order valence-corrected chi connectivity index (χ1v) is 9.90. The van der Waals surface area contributed by atoms with Crippen LogP contribution in [-0.4, -0.2) is 31.8 Å². The van der Waals surface area contributed by atoms with Crippen LogP contribution in [-0.2, 0) is 21.2 Å². The van der Waals surface area contributed by atoms with Gasteiger partial charge in [0.1, 0.15) is 11.9 Å². The van der Waals surface area contributed by atoms with Crippen LogP contribution in [0, 0.1) is 26.6 Å². The van der Waals surface area contributed by atoms with Crippen molar-refractivity contribution in [3.05, 3.63) is 64.5 Å². The number of nitrogens with zero attached hydrogens (tertiary/aromatic N) is 1. The Morgan fingerprint density at radius 2 is 1.62 bits per heavy atom. The van der Waals surface area contributed by atoms with E-state index in [4.69, 9.17) is 0 Å². The molecule has 1 N–H and O–H groups in total. The highest BCUT2D eigenvalue weighted by atomic mass is 32.2. The molecule has 7 heteroatoms. The molecule has 0 saturated heterocycles. The van der Waals surface area contributed by atoms with Crippen molar-refractivity contribution in [3.63, 3.8) is 0 Å². The van der Waals surface area contributed by atoms with Crippen LogP contribution in [0.4, 0.5) is 10.1 Å². The van der Waals surface area contributed by atoms with Crippen molar-refractivity contribution in [2.75, 3.05) is 10.6 Å². The zero-order valence-electron chi connectivity index (χ0n) is 15.2. The molecule has 140 valence electrons. The topological polar surface area (TPSA) is 74.7 Å². The molecule has 0 amide bonds. The van der Waals surface area contributed by atoms with Crippen LogP contribution in [0.5, 0.6) is 0 Å². The maximum absolute atomic E-state index is 13.2. The molecule has 0 aromatic heterocycles. The molecule has 0 unspecified atom stereocenters. The summed E-state index contributed by atoms with van der Waals surface area (Å²) in [5, 5.41) is 9.74. The van der Waals surface area contributed by atoms with E-state index in [1.54, 1.807) is 0 Å². The van der Waals surface area contributed by atoms with Crippen LogP contribution in [0.25, 0.3) is 0 Å². The van der Waals surface area contributed by atoms with Crippen LogP contribution >= 0.6 is 0 Å². The number of rotatable bonds is 6. The molecule has 0 heterocycles. The third-order valence-corrected chi connectivity index (χ3v) is 5.42. The maximum Gasteiger partial charge on any atom is 0.327 e. The van der Waals surface area contributed by atoms with Gasteiger partial charge in [0.05, 0.1) is 11.9 Å². The summed E-state index contributed by atoms with van der Waals surface area (Å²) in [4.78, 5) is 11.9. The standard InChI is InChI=1S/C19H22FNO4S/c1-12-9-13(2)17(14(3)10-12)11-18(19(22)23)21(26(4,24)25)16-7-5-15(20)6-8-16/h5-10,18H,11H2,1-4H3,(H,22,23)/t18-/m1/s1. The van der Waals surface area contributed by atoms with Gasteiger partial charge >= 0.3 is 5.97 Å². The lowest BCUT2D eigenvalue weighted by Crippen LogP contribution is -2.46. The van der Waals surface area contributed by atoms with Gasteiger partial charge in [-0.3, -0.25) is 4.31 Å². The SMILES string of the molecule is Cc1cc(C)c(C[C@H](C(=O)O)N(c2ccc(F)cc2)S(C)(=O)=O)c(C)c1. The number of aryl methyl sites for hydroxylation is 3. The predicted octanol–water partition coefficient (Wildman–Crippen LogP) is 3.21. The van der Waals surface area contributed by atoms with E-state index in [2.05, 4.69) is 0 Å². The minimum atomic E-state index is -3.90. The molecule has 1 atom stereocenters. The minimum absolute atomic E-state index is 0.0116. The number of benzene rings is 2. The summed E-state index contributed by atoms with van der Waals surface area (Å²) in [5.74, 6) is -1.79. The Morgan fingerprint density at radius 1 is 1.12 bits per heavy atom. The zero-order chi connectivity index (χ0) is 19.6. The van der Waals surface area contributed by atoms with Crippen molar-refractivity contribution in [1.82, 2.24) is 0 Å². The van der Waals surface area contributed by atoms with Crippen molar-refractivity contribution in [1.29, 1.82) is 0 Å². The van der Waals surface area contributed by atoms with E-state index in [9.17, 15) is 22.7 Å². The van der Waals surface area contributed by atoms with Gasteiger partial charge in [0.25, 0.3) is 0 Å². The Kier molecular flexibility index (Phi) is 5.71. The molecule has 0 bridgehead atoms. The van der Waals surface area contributed by atoms with Crippen LogP contribution in [0.1, 0.15) is 22.3 Å². The molecular formula is C19H22FNO4S. The maximum atomic E-state index is 13.2. The highest BCUT2D eigenvalue weighted by molar-refractivity contribution is 7.92. The Morgan fingerprint density at radius 3 is 2.04 bits per heavy atom. The van der Waals surface area contributed by atoms with E-state index in [1.807, 2.05) is 32.9 Å². The Hall–Kier alpha value is -2.41. The lowest BCUT2D eigenvalue weighted by Gasteiger charge is -2.29. The monoisotopic (exact) mass is 379 g/mol. The highest BCUT2D eigenvalue weighted by Crippen LogP contribution is 2.26. The summed E-state index contributed by atoms with van der Waals surface area (Å²) in [6.45, 7) is 5.69. The van der Waals surface area contributed by atoms with Crippen molar-refractivity contribution in [2.24, 2.45) is 0 Å². The normalized spacial score (nSPS) is 12.7. The summed E-state index contributed by atoms with van der Waals surface area (Å²) >= 11 is 0. The number of aliphatic carboxylic acids is 1. The Labute approximate surface area is 153 Å². The van der Waals surface area contributed by atoms with E-state index >= 15 is 0 Å². The number of hydrogen-bond donors (Lipinski definition) is 1. The smallest absolute Gasteiger partial charge is 0.327 e. The van der Waals surface area contributed by atoms with Gasteiger partial charge in [-0.25, -0.2) is 17.6 Å². The van der Waals surface area contributed by atoms with E-state index in [0.29, 0.717) is 0 Å². The van der Waals surface area contributed by atoms with Crippen molar-refractivity contribution < 1.29 is 22.7 Å². The number of anilines is 1. The van der Waals surface area contributed by atoms with Crippen LogP contribution < -0.4 is 4.31 Å². The van der Waals surface area contributed by atoms with E-state index in [-0.39, 0.29) is 12.1 Å². The quantitative estimate of drug-likeness (QED) is 0.836. The summed E-state index contributed by atoms with van der Waals surface area (Å²) in [6.07, 6.45) is 0.957. The fourth-order valence-corrected chi connectivity index (χ4v) is 4.32. The van der Waals surface area contributed by atoms with Gasteiger partial charge in [0.15, 0.2) is 0 Å². The van der Waals surface area contributed by atoms with Crippen LogP contribution in [0.15, 0.2) is 36.4 Å². The summed E-state index contributed by atoms with van der Waals surface area (Å²) in [6, 6.07) is 7.27. The van der Waals surface area contributed by atoms with Gasteiger partial charge in [-0.1, -0.05) is 17.7 Å². The van der Waals surface area contributed by atoms with Crippen molar-refractivity contribution >= 4 is 21.7 Å². The first kappa shape index (κ1) is 19.9. The fourth-order valence-electron chi connectivity index (χ4n) is 3.19. The fraction of sp³-hybridized carbons (Fsp3) is 0.316. The Bertz CT molecular complexity index is 900. The van der Waals surface area contributed by atoms with Gasteiger partial charge in [-0.2, -0.15) is 0 Å². The second-order valence-corrected chi connectivity index (χ2v) is 8.33. The number of halogens is 1. The molecule has 0 radical (unpaired) electrons. The van der Waals surface area contributed by atoms with Gasteiger partial charge in [-0.15, -0.1) is 0 Å². The number of carboxylic acids is 1. The molecule has 0 aliphatic carbocycles.